The summed E-state index contributed by atoms with van der Waals surface area (Å²) in [7, 11) is 1.48. The fourth-order valence-corrected chi connectivity index (χ4v) is 3.55. The zero-order valence-corrected chi connectivity index (χ0v) is 19.0. The number of carbonyl (C=O) groups excluding carboxylic acids is 2. The molecule has 4 aromatic rings. The van der Waals surface area contributed by atoms with E-state index in [1.807, 2.05) is 44.2 Å². The maximum absolute atomic E-state index is 12.9. The third kappa shape index (κ3) is 4.80. The van der Waals surface area contributed by atoms with Crippen LogP contribution in [0.5, 0.6) is 5.88 Å². The fraction of sp³-hybridized carbons (Fsp3) is 0.154. The number of nitrogens with one attached hydrogen (secondary N) is 3. The Kier molecular flexibility index (Phi) is 6.40. The SMILES string of the molecule is COc1cc2[nH]c(=O)c(C(=O)Nc3cc(C(=O)NC(C)c4ccccc4)ccc3C)cc2cn1. The normalized spacial score (nSPS) is 11.6. The van der Waals surface area contributed by atoms with Crippen LogP contribution in [0.2, 0.25) is 0 Å². The van der Waals surface area contributed by atoms with Crippen LogP contribution in [0.15, 0.2) is 71.7 Å². The van der Waals surface area contributed by atoms with Gasteiger partial charge in [0, 0.05) is 28.9 Å². The van der Waals surface area contributed by atoms with Gasteiger partial charge in [-0.1, -0.05) is 36.4 Å². The topological polar surface area (TPSA) is 113 Å². The van der Waals surface area contributed by atoms with Gasteiger partial charge in [0.15, 0.2) is 0 Å². The Hall–Kier alpha value is -4.46. The number of benzene rings is 2. The molecule has 2 aromatic heterocycles. The molecule has 0 saturated heterocycles. The number of pyridine rings is 2. The number of ether oxygens (including phenoxy) is 1. The van der Waals surface area contributed by atoms with E-state index in [1.165, 1.54) is 19.4 Å². The van der Waals surface area contributed by atoms with E-state index in [9.17, 15) is 14.4 Å². The number of anilines is 1. The minimum atomic E-state index is -0.586. The van der Waals surface area contributed by atoms with Crippen LogP contribution in [0.4, 0.5) is 5.69 Å². The van der Waals surface area contributed by atoms with Crippen LogP contribution in [0, 0.1) is 6.92 Å². The van der Waals surface area contributed by atoms with E-state index < -0.39 is 11.5 Å². The molecule has 0 saturated carbocycles. The van der Waals surface area contributed by atoms with Crippen molar-refractivity contribution in [3.63, 3.8) is 0 Å². The highest BCUT2D eigenvalue weighted by molar-refractivity contribution is 6.06. The summed E-state index contributed by atoms with van der Waals surface area (Å²) in [6.07, 6.45) is 1.52. The molecule has 0 aliphatic heterocycles. The first-order chi connectivity index (χ1) is 16.4. The summed E-state index contributed by atoms with van der Waals surface area (Å²) >= 11 is 0. The zero-order valence-electron chi connectivity index (χ0n) is 19.0. The monoisotopic (exact) mass is 456 g/mol. The molecular weight excluding hydrogens is 432 g/mol. The summed E-state index contributed by atoms with van der Waals surface area (Å²) in [5, 5.41) is 6.30. The Morgan fingerprint density at radius 3 is 2.53 bits per heavy atom. The molecule has 172 valence electrons. The molecule has 3 N–H and O–H groups in total. The van der Waals surface area contributed by atoms with E-state index in [2.05, 4.69) is 20.6 Å². The van der Waals surface area contributed by atoms with Crippen LogP contribution >= 0.6 is 0 Å². The smallest absolute Gasteiger partial charge is 0.261 e. The van der Waals surface area contributed by atoms with Crippen molar-refractivity contribution in [3.8, 4) is 5.88 Å². The molecule has 0 radical (unpaired) electrons. The van der Waals surface area contributed by atoms with Gasteiger partial charge in [-0.3, -0.25) is 14.4 Å². The van der Waals surface area contributed by atoms with Crippen molar-refractivity contribution in [1.29, 1.82) is 0 Å². The van der Waals surface area contributed by atoms with Crippen LogP contribution < -0.4 is 20.9 Å². The number of H-pyrrole nitrogens is 1. The molecule has 1 atom stereocenters. The van der Waals surface area contributed by atoms with E-state index in [0.29, 0.717) is 28.0 Å². The van der Waals surface area contributed by atoms with Gasteiger partial charge in [-0.05, 0) is 43.2 Å². The lowest BCUT2D eigenvalue weighted by atomic mass is 10.1. The summed E-state index contributed by atoms with van der Waals surface area (Å²) in [6, 6.07) is 17.6. The van der Waals surface area contributed by atoms with Crippen molar-refractivity contribution in [2.45, 2.75) is 19.9 Å². The molecule has 0 fully saturated rings. The van der Waals surface area contributed by atoms with Crippen molar-refractivity contribution in [3.05, 3.63) is 99.5 Å². The number of aromatic nitrogens is 2. The van der Waals surface area contributed by atoms with E-state index in [4.69, 9.17) is 4.74 Å². The lowest BCUT2D eigenvalue weighted by Crippen LogP contribution is -2.27. The van der Waals surface area contributed by atoms with E-state index in [-0.39, 0.29) is 17.5 Å². The average Bonchev–Trinajstić information content (AvgIpc) is 2.84. The molecular formula is C26H24N4O4. The number of hydrogen-bond donors (Lipinski definition) is 3. The number of rotatable bonds is 6. The van der Waals surface area contributed by atoms with Crippen LogP contribution in [-0.2, 0) is 0 Å². The predicted octanol–water partition coefficient (Wildman–Crippen LogP) is 3.98. The van der Waals surface area contributed by atoms with Crippen LogP contribution in [0.1, 0.15) is 44.8 Å². The highest BCUT2D eigenvalue weighted by Gasteiger charge is 2.16. The predicted molar refractivity (Wildman–Crippen MR) is 130 cm³/mol. The number of carbonyl (C=O) groups is 2. The van der Waals surface area contributed by atoms with Crippen molar-refractivity contribution >= 4 is 28.4 Å². The minimum absolute atomic E-state index is 0.0635. The molecule has 0 aliphatic carbocycles. The molecule has 0 spiro atoms. The maximum Gasteiger partial charge on any atom is 0.261 e. The van der Waals surface area contributed by atoms with Crippen molar-refractivity contribution in [2.75, 3.05) is 12.4 Å². The first kappa shape index (κ1) is 22.7. The second-order valence-electron chi connectivity index (χ2n) is 7.92. The number of aryl methyl sites for hydroxylation is 1. The average molecular weight is 457 g/mol. The summed E-state index contributed by atoms with van der Waals surface area (Å²) in [4.78, 5) is 45.1. The Morgan fingerprint density at radius 1 is 1.03 bits per heavy atom. The number of aromatic amines is 1. The van der Waals surface area contributed by atoms with Crippen LogP contribution in [-0.4, -0.2) is 28.9 Å². The number of methoxy groups -OCH3 is 1. The highest BCUT2D eigenvalue weighted by Crippen LogP contribution is 2.20. The van der Waals surface area contributed by atoms with Crippen molar-refractivity contribution in [1.82, 2.24) is 15.3 Å². The van der Waals surface area contributed by atoms with Gasteiger partial charge in [-0.25, -0.2) is 4.98 Å². The van der Waals surface area contributed by atoms with Crippen molar-refractivity contribution in [2.24, 2.45) is 0 Å². The molecule has 0 aliphatic rings. The molecule has 8 nitrogen and oxygen atoms in total. The molecule has 0 bridgehead atoms. The Morgan fingerprint density at radius 2 is 1.79 bits per heavy atom. The number of fused-ring (bicyclic) bond motifs is 1. The summed E-state index contributed by atoms with van der Waals surface area (Å²) in [5.41, 5.74) is 2.48. The number of nitrogens with zero attached hydrogens (tertiary/aromatic N) is 1. The van der Waals surface area contributed by atoms with Crippen LogP contribution in [0.25, 0.3) is 10.9 Å². The molecule has 2 amide bonds. The standard InChI is InChI=1S/C26H24N4O4/c1-15-9-10-18(24(31)28-16(2)17-7-5-4-6-8-17)12-21(15)29-25(32)20-11-19-14-27-23(34-3)13-22(19)30-26(20)33/h4-14,16H,1-3H3,(H,28,31)(H,29,32)(H,30,33). The van der Waals surface area contributed by atoms with E-state index in [0.717, 1.165) is 11.1 Å². The maximum atomic E-state index is 12.9. The summed E-state index contributed by atoms with van der Waals surface area (Å²) in [6.45, 7) is 3.71. The summed E-state index contributed by atoms with van der Waals surface area (Å²) < 4.78 is 5.07. The highest BCUT2D eigenvalue weighted by atomic mass is 16.5. The van der Waals surface area contributed by atoms with Gasteiger partial charge in [0.25, 0.3) is 17.4 Å². The fourth-order valence-electron chi connectivity index (χ4n) is 3.55. The van der Waals surface area contributed by atoms with Gasteiger partial charge in [-0.2, -0.15) is 0 Å². The van der Waals surface area contributed by atoms with Gasteiger partial charge in [0.2, 0.25) is 5.88 Å². The first-order valence-electron chi connectivity index (χ1n) is 10.7. The Labute approximate surface area is 196 Å². The second kappa shape index (κ2) is 9.58. The Bertz CT molecular complexity index is 1430. The molecule has 1 unspecified atom stereocenters. The van der Waals surface area contributed by atoms with Gasteiger partial charge < -0.3 is 20.4 Å². The van der Waals surface area contributed by atoms with Crippen molar-refractivity contribution < 1.29 is 14.3 Å². The van der Waals surface area contributed by atoms with E-state index in [1.54, 1.807) is 24.3 Å². The molecule has 2 heterocycles. The largest absolute Gasteiger partial charge is 0.481 e. The molecule has 34 heavy (non-hydrogen) atoms. The lowest BCUT2D eigenvalue weighted by Gasteiger charge is -2.15. The van der Waals surface area contributed by atoms with E-state index >= 15 is 0 Å². The van der Waals surface area contributed by atoms with Gasteiger partial charge in [-0.15, -0.1) is 0 Å². The lowest BCUT2D eigenvalue weighted by molar-refractivity contribution is 0.0938. The number of amides is 2. The van der Waals surface area contributed by atoms with Gasteiger partial charge in [0.05, 0.1) is 18.7 Å². The third-order valence-electron chi connectivity index (χ3n) is 5.55. The third-order valence-corrected chi connectivity index (χ3v) is 5.55. The second-order valence-corrected chi connectivity index (χ2v) is 7.92. The zero-order chi connectivity index (χ0) is 24.2. The Balaban J connectivity index is 1.55. The number of hydrogen-bond acceptors (Lipinski definition) is 5. The molecule has 2 aromatic carbocycles. The van der Waals surface area contributed by atoms with Crippen LogP contribution in [0.3, 0.4) is 0 Å². The molecule has 8 heteroatoms. The molecule has 4 rings (SSSR count). The first-order valence-corrected chi connectivity index (χ1v) is 10.7. The van der Waals surface area contributed by atoms with Gasteiger partial charge in [0.1, 0.15) is 5.56 Å². The minimum Gasteiger partial charge on any atom is -0.481 e. The van der Waals surface area contributed by atoms with Gasteiger partial charge >= 0.3 is 0 Å². The quantitative estimate of drug-likeness (QED) is 0.406. The summed E-state index contributed by atoms with van der Waals surface area (Å²) in [5.74, 6) is -0.500.